The Morgan fingerprint density at radius 1 is 1.23 bits per heavy atom. The minimum Gasteiger partial charge on any atom is -0.312 e. The molecule has 2 saturated carbocycles. The molecule has 1 saturated heterocycles. The lowest BCUT2D eigenvalue weighted by Crippen LogP contribution is -2.37. The smallest absolute Gasteiger partial charge is 0.0156 e. The second kappa shape index (κ2) is 2.73. The molecule has 1 heteroatoms. The highest BCUT2D eigenvalue weighted by Gasteiger charge is 2.47. The molecule has 1 heterocycles. The molecule has 0 radical (unpaired) electrons. The maximum atomic E-state index is 3.69. The van der Waals surface area contributed by atoms with Crippen molar-refractivity contribution in [1.82, 2.24) is 5.32 Å². The summed E-state index contributed by atoms with van der Waals surface area (Å²) in [7, 11) is 0. The van der Waals surface area contributed by atoms with Gasteiger partial charge in [-0.05, 0) is 69.7 Å². The lowest BCUT2D eigenvalue weighted by molar-refractivity contribution is 0.296. The highest BCUT2D eigenvalue weighted by Crippen LogP contribution is 2.56. The fourth-order valence-electron chi connectivity index (χ4n) is 3.78. The standard InChI is InChI=1S/C12H21N/c1-12(3-2-4-13-12)8-9-5-10-7-11(10)6-9/h9-11,13H,2-8H2,1H3. The molecule has 13 heavy (non-hydrogen) atoms. The third-order valence-electron chi connectivity index (χ3n) is 4.54. The van der Waals surface area contributed by atoms with Crippen molar-refractivity contribution in [2.45, 2.75) is 51.0 Å². The van der Waals surface area contributed by atoms with Crippen LogP contribution in [0, 0.1) is 17.8 Å². The molecule has 0 aromatic rings. The number of rotatable bonds is 2. The van der Waals surface area contributed by atoms with E-state index in [1.165, 1.54) is 25.8 Å². The first-order chi connectivity index (χ1) is 6.25. The van der Waals surface area contributed by atoms with Crippen LogP contribution in [0.2, 0.25) is 0 Å². The fraction of sp³-hybridized carbons (Fsp3) is 1.00. The van der Waals surface area contributed by atoms with E-state index >= 15 is 0 Å². The lowest BCUT2D eigenvalue weighted by Gasteiger charge is -2.28. The average Bonchev–Trinajstić information content (AvgIpc) is 2.54. The predicted molar refractivity (Wildman–Crippen MR) is 54.6 cm³/mol. The summed E-state index contributed by atoms with van der Waals surface area (Å²) < 4.78 is 0. The SMILES string of the molecule is CC1(CC2CC3CC3C2)CCCN1. The van der Waals surface area contributed by atoms with E-state index in [2.05, 4.69) is 12.2 Å². The third kappa shape index (κ3) is 1.52. The van der Waals surface area contributed by atoms with Gasteiger partial charge >= 0.3 is 0 Å². The molecule has 3 unspecified atom stereocenters. The maximum absolute atomic E-state index is 3.69. The zero-order valence-corrected chi connectivity index (χ0v) is 8.68. The van der Waals surface area contributed by atoms with E-state index in [4.69, 9.17) is 0 Å². The Kier molecular flexibility index (Phi) is 1.74. The van der Waals surface area contributed by atoms with E-state index in [9.17, 15) is 0 Å². The largest absolute Gasteiger partial charge is 0.312 e. The average molecular weight is 179 g/mol. The molecule has 74 valence electrons. The second-order valence-electron chi connectivity index (χ2n) is 5.89. The van der Waals surface area contributed by atoms with E-state index in [0.717, 1.165) is 17.8 Å². The van der Waals surface area contributed by atoms with Crippen LogP contribution in [0.15, 0.2) is 0 Å². The zero-order valence-electron chi connectivity index (χ0n) is 8.68. The molecule has 3 fully saturated rings. The summed E-state index contributed by atoms with van der Waals surface area (Å²) in [6.45, 7) is 3.69. The lowest BCUT2D eigenvalue weighted by atomic mass is 9.85. The number of nitrogens with one attached hydrogen (secondary N) is 1. The first-order valence-corrected chi connectivity index (χ1v) is 6.00. The van der Waals surface area contributed by atoms with Crippen LogP contribution < -0.4 is 5.32 Å². The summed E-state index contributed by atoms with van der Waals surface area (Å²) in [4.78, 5) is 0. The topological polar surface area (TPSA) is 12.0 Å². The fourth-order valence-corrected chi connectivity index (χ4v) is 3.78. The molecule has 0 bridgehead atoms. The number of fused-ring (bicyclic) bond motifs is 1. The Morgan fingerprint density at radius 3 is 2.62 bits per heavy atom. The minimum atomic E-state index is 0.515. The number of hydrogen-bond donors (Lipinski definition) is 1. The van der Waals surface area contributed by atoms with Crippen molar-refractivity contribution in [3.05, 3.63) is 0 Å². The van der Waals surface area contributed by atoms with Crippen molar-refractivity contribution in [2.75, 3.05) is 6.54 Å². The van der Waals surface area contributed by atoms with Crippen LogP contribution in [0.5, 0.6) is 0 Å². The Balaban J connectivity index is 1.56. The molecule has 0 aromatic heterocycles. The van der Waals surface area contributed by atoms with Crippen LogP contribution in [0.3, 0.4) is 0 Å². The first kappa shape index (κ1) is 8.28. The van der Waals surface area contributed by atoms with E-state index in [1.807, 2.05) is 0 Å². The Morgan fingerprint density at radius 2 is 2.00 bits per heavy atom. The van der Waals surface area contributed by atoms with Gasteiger partial charge in [-0.1, -0.05) is 0 Å². The molecule has 3 atom stereocenters. The molecule has 0 amide bonds. The molecular weight excluding hydrogens is 158 g/mol. The van der Waals surface area contributed by atoms with Gasteiger partial charge in [0.15, 0.2) is 0 Å². The van der Waals surface area contributed by atoms with E-state index in [0.29, 0.717) is 5.54 Å². The summed E-state index contributed by atoms with van der Waals surface area (Å²) in [6.07, 6.45) is 8.96. The normalized spacial score (nSPS) is 53.8. The summed E-state index contributed by atoms with van der Waals surface area (Å²) in [5, 5.41) is 3.69. The van der Waals surface area contributed by atoms with Crippen LogP contribution in [-0.4, -0.2) is 12.1 Å². The van der Waals surface area contributed by atoms with Crippen LogP contribution >= 0.6 is 0 Å². The summed E-state index contributed by atoms with van der Waals surface area (Å²) in [5.74, 6) is 3.39. The number of hydrogen-bond acceptors (Lipinski definition) is 1. The van der Waals surface area contributed by atoms with Gasteiger partial charge in [-0.2, -0.15) is 0 Å². The van der Waals surface area contributed by atoms with Gasteiger partial charge in [-0.3, -0.25) is 0 Å². The van der Waals surface area contributed by atoms with Gasteiger partial charge in [0.05, 0.1) is 0 Å². The second-order valence-corrected chi connectivity index (χ2v) is 5.89. The van der Waals surface area contributed by atoms with Crippen LogP contribution in [0.4, 0.5) is 0 Å². The summed E-state index contributed by atoms with van der Waals surface area (Å²) in [5.41, 5.74) is 0.515. The summed E-state index contributed by atoms with van der Waals surface area (Å²) in [6, 6.07) is 0. The van der Waals surface area contributed by atoms with Crippen molar-refractivity contribution in [3.8, 4) is 0 Å². The van der Waals surface area contributed by atoms with Gasteiger partial charge in [-0.25, -0.2) is 0 Å². The Bertz CT molecular complexity index is 195. The van der Waals surface area contributed by atoms with E-state index in [1.54, 1.807) is 19.3 Å². The summed E-state index contributed by atoms with van der Waals surface area (Å²) >= 11 is 0. The molecule has 2 aliphatic carbocycles. The van der Waals surface area contributed by atoms with Gasteiger partial charge in [0.2, 0.25) is 0 Å². The van der Waals surface area contributed by atoms with E-state index in [-0.39, 0.29) is 0 Å². The van der Waals surface area contributed by atoms with Crippen molar-refractivity contribution < 1.29 is 0 Å². The van der Waals surface area contributed by atoms with Gasteiger partial charge in [-0.15, -0.1) is 0 Å². The van der Waals surface area contributed by atoms with Crippen molar-refractivity contribution >= 4 is 0 Å². The quantitative estimate of drug-likeness (QED) is 0.687. The first-order valence-electron chi connectivity index (χ1n) is 6.00. The van der Waals surface area contributed by atoms with Crippen LogP contribution in [0.1, 0.15) is 45.4 Å². The van der Waals surface area contributed by atoms with Gasteiger partial charge in [0.25, 0.3) is 0 Å². The maximum Gasteiger partial charge on any atom is 0.0156 e. The molecular formula is C12H21N. The van der Waals surface area contributed by atoms with Crippen molar-refractivity contribution in [2.24, 2.45) is 17.8 Å². The zero-order chi connectivity index (χ0) is 8.89. The molecule has 1 nitrogen and oxygen atoms in total. The van der Waals surface area contributed by atoms with Crippen molar-refractivity contribution in [3.63, 3.8) is 0 Å². The van der Waals surface area contributed by atoms with Crippen molar-refractivity contribution in [1.29, 1.82) is 0 Å². The van der Waals surface area contributed by atoms with Gasteiger partial charge in [0, 0.05) is 5.54 Å². The van der Waals surface area contributed by atoms with Crippen LogP contribution in [0.25, 0.3) is 0 Å². The van der Waals surface area contributed by atoms with E-state index < -0.39 is 0 Å². The molecule has 3 rings (SSSR count). The minimum absolute atomic E-state index is 0.515. The molecule has 3 aliphatic rings. The molecule has 1 N–H and O–H groups in total. The Hall–Kier alpha value is -0.0400. The van der Waals surface area contributed by atoms with Gasteiger partial charge in [0.1, 0.15) is 0 Å². The van der Waals surface area contributed by atoms with Crippen LogP contribution in [-0.2, 0) is 0 Å². The molecule has 0 spiro atoms. The molecule has 0 aromatic carbocycles. The third-order valence-corrected chi connectivity index (χ3v) is 4.54. The Labute approximate surface area is 81.3 Å². The highest BCUT2D eigenvalue weighted by atomic mass is 15.0. The predicted octanol–water partition coefficient (Wildman–Crippen LogP) is 2.56. The monoisotopic (exact) mass is 179 g/mol. The highest BCUT2D eigenvalue weighted by molar-refractivity contribution is 4.99. The van der Waals surface area contributed by atoms with Gasteiger partial charge < -0.3 is 5.32 Å². The molecule has 1 aliphatic heterocycles.